The van der Waals surface area contributed by atoms with Gasteiger partial charge in [0.25, 0.3) is 0 Å². The maximum Gasteiger partial charge on any atom is 0.0552 e. The molecule has 2 unspecified atom stereocenters. The Balaban J connectivity index is 1.82. The third kappa shape index (κ3) is 3.38. The molecule has 1 fully saturated rings. The first-order valence-electron chi connectivity index (χ1n) is 9.16. The molecular weight excluding hydrogens is 304 g/mol. The van der Waals surface area contributed by atoms with Gasteiger partial charge in [-0.25, -0.2) is 0 Å². The van der Waals surface area contributed by atoms with E-state index in [1.54, 1.807) is 0 Å². The van der Waals surface area contributed by atoms with Gasteiger partial charge in [0, 0.05) is 0 Å². The second-order valence-corrected chi connectivity index (χ2v) is 7.10. The summed E-state index contributed by atoms with van der Waals surface area (Å²) >= 11 is 0. The highest BCUT2D eigenvalue weighted by Crippen LogP contribution is 2.51. The van der Waals surface area contributed by atoms with Gasteiger partial charge >= 0.3 is 0 Å². The number of aliphatic hydroxyl groups is 1. The van der Waals surface area contributed by atoms with Crippen molar-refractivity contribution in [2.45, 2.75) is 36.7 Å². The Morgan fingerprint density at radius 3 is 1.28 bits per heavy atom. The van der Waals surface area contributed by atoms with E-state index in [0.29, 0.717) is 17.8 Å². The largest absolute Gasteiger partial charge is 0.393 e. The van der Waals surface area contributed by atoms with E-state index in [2.05, 4.69) is 91.0 Å². The van der Waals surface area contributed by atoms with Gasteiger partial charge in [0.2, 0.25) is 0 Å². The minimum Gasteiger partial charge on any atom is -0.393 e. The van der Waals surface area contributed by atoms with Crippen LogP contribution in [0.2, 0.25) is 0 Å². The van der Waals surface area contributed by atoms with Crippen LogP contribution in [0.5, 0.6) is 0 Å². The van der Waals surface area contributed by atoms with Crippen LogP contribution >= 0.6 is 0 Å². The van der Waals surface area contributed by atoms with Crippen molar-refractivity contribution in [3.8, 4) is 0 Å². The average Bonchev–Trinajstić information content (AvgIpc) is 2.69. The first-order chi connectivity index (χ1) is 12.3. The molecule has 1 saturated carbocycles. The molecule has 1 nitrogen and oxygen atoms in total. The van der Waals surface area contributed by atoms with Crippen molar-refractivity contribution < 1.29 is 5.11 Å². The van der Waals surface area contributed by atoms with Gasteiger partial charge in [-0.05, 0) is 47.3 Å². The summed E-state index contributed by atoms with van der Waals surface area (Å²) in [6.07, 6.45) is 1.40. The van der Waals surface area contributed by atoms with E-state index in [4.69, 9.17) is 0 Å². The maximum absolute atomic E-state index is 10.6. The average molecular weight is 328 g/mol. The van der Waals surface area contributed by atoms with E-state index in [0.717, 1.165) is 12.8 Å². The summed E-state index contributed by atoms with van der Waals surface area (Å²) in [6.45, 7) is 0. The topological polar surface area (TPSA) is 20.2 Å². The molecule has 0 aromatic heterocycles. The molecule has 25 heavy (non-hydrogen) atoms. The second-order valence-electron chi connectivity index (χ2n) is 7.10. The normalized spacial score (nSPS) is 26.3. The van der Waals surface area contributed by atoms with Crippen molar-refractivity contribution in [3.63, 3.8) is 0 Å². The predicted octanol–water partition coefficient (Wildman–Crippen LogP) is 5.49. The first kappa shape index (κ1) is 16.1. The lowest BCUT2D eigenvalue weighted by Gasteiger charge is -2.41. The minimum absolute atomic E-state index is 0.254. The van der Waals surface area contributed by atoms with E-state index in [1.807, 2.05) is 0 Å². The molecule has 0 radical (unpaired) electrons. The fraction of sp³-hybridized carbons (Fsp3) is 0.250. The van der Waals surface area contributed by atoms with Crippen LogP contribution in [0.4, 0.5) is 0 Å². The minimum atomic E-state index is -0.254. The molecule has 1 heteroatoms. The van der Waals surface area contributed by atoms with Gasteiger partial charge in [0.15, 0.2) is 0 Å². The molecule has 126 valence electrons. The van der Waals surface area contributed by atoms with Crippen molar-refractivity contribution in [1.29, 1.82) is 0 Å². The van der Waals surface area contributed by atoms with Crippen LogP contribution in [-0.4, -0.2) is 11.2 Å². The Bertz CT molecular complexity index is 733. The molecule has 0 heterocycles. The molecule has 1 aliphatic carbocycles. The number of benzene rings is 3. The highest BCUT2D eigenvalue weighted by molar-refractivity contribution is 5.36. The smallest absolute Gasteiger partial charge is 0.0552 e. The van der Waals surface area contributed by atoms with E-state index in [1.165, 1.54) is 16.7 Å². The zero-order valence-corrected chi connectivity index (χ0v) is 14.3. The second kappa shape index (κ2) is 7.25. The summed E-state index contributed by atoms with van der Waals surface area (Å²) in [5.41, 5.74) is 4.03. The molecule has 1 N–H and O–H groups in total. The number of hydrogen-bond donors (Lipinski definition) is 1. The zero-order valence-electron chi connectivity index (χ0n) is 14.3. The van der Waals surface area contributed by atoms with Crippen molar-refractivity contribution in [2.24, 2.45) is 0 Å². The predicted molar refractivity (Wildman–Crippen MR) is 103 cm³/mol. The fourth-order valence-corrected chi connectivity index (χ4v) is 4.48. The van der Waals surface area contributed by atoms with Crippen molar-refractivity contribution in [3.05, 3.63) is 108 Å². The van der Waals surface area contributed by atoms with Crippen LogP contribution in [0.25, 0.3) is 0 Å². The van der Waals surface area contributed by atoms with Crippen molar-refractivity contribution >= 4 is 0 Å². The van der Waals surface area contributed by atoms with E-state index in [9.17, 15) is 5.11 Å². The molecule has 0 aliphatic heterocycles. The van der Waals surface area contributed by atoms with Crippen molar-refractivity contribution in [2.75, 3.05) is 0 Å². The Kier molecular flexibility index (Phi) is 4.67. The summed E-state index contributed by atoms with van der Waals surface area (Å²) in [5, 5.41) is 10.6. The quantitative estimate of drug-likeness (QED) is 0.674. The number of hydrogen-bond acceptors (Lipinski definition) is 1. The lowest BCUT2D eigenvalue weighted by Crippen LogP contribution is -2.31. The van der Waals surface area contributed by atoms with E-state index in [-0.39, 0.29) is 6.10 Å². The molecule has 3 aromatic carbocycles. The Labute approximate surface area is 150 Å². The van der Waals surface area contributed by atoms with Crippen LogP contribution in [0.15, 0.2) is 91.0 Å². The van der Waals surface area contributed by atoms with Crippen LogP contribution < -0.4 is 0 Å². The lowest BCUT2D eigenvalue weighted by molar-refractivity contribution is 0.0972. The number of rotatable bonds is 3. The molecule has 3 aromatic rings. The van der Waals surface area contributed by atoms with Crippen LogP contribution in [0.1, 0.15) is 47.3 Å². The highest BCUT2D eigenvalue weighted by atomic mass is 16.3. The Morgan fingerprint density at radius 2 is 0.880 bits per heavy atom. The van der Waals surface area contributed by atoms with Crippen LogP contribution in [0.3, 0.4) is 0 Å². The molecule has 0 bridgehead atoms. The van der Waals surface area contributed by atoms with Crippen molar-refractivity contribution in [1.82, 2.24) is 0 Å². The third-order valence-electron chi connectivity index (χ3n) is 5.56. The Morgan fingerprint density at radius 1 is 0.520 bits per heavy atom. The molecule has 0 spiro atoms. The molecule has 2 atom stereocenters. The third-order valence-corrected chi connectivity index (χ3v) is 5.56. The first-order valence-corrected chi connectivity index (χ1v) is 9.16. The lowest BCUT2D eigenvalue weighted by atomic mass is 9.64. The molecule has 0 saturated heterocycles. The maximum atomic E-state index is 10.6. The van der Waals surface area contributed by atoms with Gasteiger partial charge < -0.3 is 5.11 Å². The molecule has 1 aliphatic rings. The van der Waals surface area contributed by atoms with Gasteiger partial charge in [0.05, 0.1) is 6.10 Å². The van der Waals surface area contributed by atoms with E-state index < -0.39 is 0 Å². The van der Waals surface area contributed by atoms with Crippen LogP contribution in [-0.2, 0) is 0 Å². The van der Waals surface area contributed by atoms with Gasteiger partial charge in [0.1, 0.15) is 0 Å². The van der Waals surface area contributed by atoms with E-state index >= 15 is 0 Å². The summed E-state index contributed by atoms with van der Waals surface area (Å²) in [4.78, 5) is 0. The fourth-order valence-electron chi connectivity index (χ4n) is 4.48. The van der Waals surface area contributed by atoms with Gasteiger partial charge in [-0.3, -0.25) is 0 Å². The monoisotopic (exact) mass is 328 g/mol. The molecule has 0 amide bonds. The molecular formula is C24H24O. The number of aliphatic hydroxyl groups excluding tert-OH is 1. The van der Waals surface area contributed by atoms with Gasteiger partial charge in [-0.1, -0.05) is 91.0 Å². The summed E-state index contributed by atoms with van der Waals surface area (Å²) in [6, 6.07) is 32.2. The molecule has 4 rings (SSSR count). The standard InChI is InChI=1S/C24H24O/c25-21-16-22(18-10-4-1-5-11-18)24(20-14-8-3-9-15-20)23(17-21)19-12-6-2-7-13-19/h1-15,21-25H,16-17H2. The van der Waals surface area contributed by atoms with Crippen LogP contribution in [0, 0.1) is 0 Å². The van der Waals surface area contributed by atoms with Gasteiger partial charge in [-0.2, -0.15) is 0 Å². The summed E-state index contributed by atoms with van der Waals surface area (Å²) < 4.78 is 0. The highest BCUT2D eigenvalue weighted by Gasteiger charge is 2.39. The van der Waals surface area contributed by atoms with Gasteiger partial charge in [-0.15, -0.1) is 0 Å². The summed E-state index contributed by atoms with van der Waals surface area (Å²) in [7, 11) is 0. The summed E-state index contributed by atoms with van der Waals surface area (Å²) in [5.74, 6) is 1.05. The SMILES string of the molecule is OC1CC(c2ccccc2)C(c2ccccc2)C(c2ccccc2)C1. The Hall–Kier alpha value is -2.38. The zero-order chi connectivity index (χ0) is 17.1.